The molecule has 5 nitrogen and oxygen atoms in total. The molecule has 1 fully saturated rings. The molecule has 0 unspecified atom stereocenters. The molecule has 0 radical (unpaired) electrons. The number of nitrogens with one attached hydrogen (secondary N) is 1. The highest BCUT2D eigenvalue weighted by Crippen LogP contribution is 2.25. The van der Waals surface area contributed by atoms with Crippen LogP contribution in [0.4, 0.5) is 4.79 Å². The van der Waals surface area contributed by atoms with Crippen molar-refractivity contribution >= 4 is 6.09 Å². The fourth-order valence-corrected chi connectivity index (χ4v) is 4.96. The van der Waals surface area contributed by atoms with Crippen LogP contribution in [0.5, 0.6) is 0 Å². The van der Waals surface area contributed by atoms with Gasteiger partial charge in [0.05, 0.1) is 24.9 Å². The van der Waals surface area contributed by atoms with E-state index in [-0.39, 0.29) is 6.10 Å². The summed E-state index contributed by atoms with van der Waals surface area (Å²) in [7, 11) is 0. The summed E-state index contributed by atoms with van der Waals surface area (Å²) in [4.78, 5) is 16.1. The van der Waals surface area contributed by atoms with Gasteiger partial charge in [-0.3, -0.25) is 4.98 Å². The van der Waals surface area contributed by atoms with Crippen LogP contribution in [0.25, 0.3) is 0 Å². The highest BCUT2D eigenvalue weighted by Gasteiger charge is 2.26. The minimum absolute atomic E-state index is 0.0432. The number of hydrogen-bond acceptors (Lipinski definition) is 4. The molecule has 2 atom stereocenters. The van der Waals surface area contributed by atoms with E-state index in [0.717, 1.165) is 18.7 Å². The molecule has 200 valence electrons. The Morgan fingerprint density at radius 3 is 2.09 bits per heavy atom. The van der Waals surface area contributed by atoms with Crippen LogP contribution < -0.4 is 5.32 Å². The second kappa shape index (κ2) is 20.6. The zero-order valence-electron chi connectivity index (χ0n) is 22.5. The van der Waals surface area contributed by atoms with Crippen LogP contribution in [0.3, 0.4) is 0 Å². The molecule has 1 N–H and O–H groups in total. The fraction of sp³-hybridized carbons (Fsp3) is 0.800. The van der Waals surface area contributed by atoms with Crippen molar-refractivity contribution in [2.75, 3.05) is 13.2 Å². The Bertz CT molecular complexity index is 625. The van der Waals surface area contributed by atoms with Gasteiger partial charge in [-0.2, -0.15) is 0 Å². The summed E-state index contributed by atoms with van der Waals surface area (Å²) in [6.07, 6.45) is 26.1. The van der Waals surface area contributed by atoms with Gasteiger partial charge in [-0.05, 0) is 30.9 Å². The lowest BCUT2D eigenvalue weighted by atomic mass is 9.97. The topological polar surface area (TPSA) is 60.5 Å². The van der Waals surface area contributed by atoms with E-state index in [1.165, 1.54) is 109 Å². The second-order valence-electron chi connectivity index (χ2n) is 10.4. The number of carbonyl (C=O) groups is 1. The summed E-state index contributed by atoms with van der Waals surface area (Å²) in [5.41, 5.74) is 0.820. The molecule has 1 saturated heterocycles. The summed E-state index contributed by atoms with van der Waals surface area (Å²) >= 11 is 0. The zero-order chi connectivity index (χ0) is 24.8. The largest absolute Gasteiger partial charge is 0.447 e. The molecule has 0 spiro atoms. The molecule has 1 aromatic rings. The molecule has 0 bridgehead atoms. The standard InChI is InChI=1S/C30H52N2O3/c1-2-3-4-5-6-7-8-9-10-11-12-13-14-15-16-17-20-27-23-29(34-25-27)26-35-30(33)32-24-28-21-18-19-22-31-28/h18-19,21-22,27,29H,2-17,20,23-26H2,1H3,(H,32,33)/t27-,29-/m0/s1. The Labute approximate surface area is 215 Å². The molecule has 1 amide bonds. The minimum Gasteiger partial charge on any atom is -0.447 e. The summed E-state index contributed by atoms with van der Waals surface area (Å²) in [5, 5.41) is 2.74. The van der Waals surface area contributed by atoms with Crippen molar-refractivity contribution < 1.29 is 14.3 Å². The van der Waals surface area contributed by atoms with Crippen LogP contribution in [-0.4, -0.2) is 30.4 Å². The molecule has 2 rings (SSSR count). The van der Waals surface area contributed by atoms with Crippen molar-refractivity contribution in [3.8, 4) is 0 Å². The van der Waals surface area contributed by atoms with E-state index in [0.29, 0.717) is 19.1 Å². The number of carbonyl (C=O) groups excluding carboxylic acids is 1. The number of unbranched alkanes of at least 4 members (excludes halogenated alkanes) is 15. The van der Waals surface area contributed by atoms with Crippen LogP contribution in [-0.2, 0) is 16.0 Å². The number of aromatic nitrogens is 1. The van der Waals surface area contributed by atoms with Crippen LogP contribution in [0, 0.1) is 5.92 Å². The van der Waals surface area contributed by atoms with E-state index in [1.807, 2.05) is 18.2 Å². The quantitative estimate of drug-likeness (QED) is 0.177. The number of amides is 1. The Morgan fingerprint density at radius 2 is 1.51 bits per heavy atom. The van der Waals surface area contributed by atoms with Gasteiger partial charge in [0.2, 0.25) is 0 Å². The molecule has 1 aromatic heterocycles. The average molecular weight is 489 g/mol. The molecular weight excluding hydrogens is 436 g/mol. The lowest BCUT2D eigenvalue weighted by Gasteiger charge is -2.11. The van der Waals surface area contributed by atoms with E-state index < -0.39 is 6.09 Å². The molecule has 5 heteroatoms. The molecule has 0 aliphatic carbocycles. The molecule has 1 aliphatic rings. The van der Waals surface area contributed by atoms with Crippen LogP contribution >= 0.6 is 0 Å². The minimum atomic E-state index is -0.402. The Hall–Kier alpha value is -1.62. The van der Waals surface area contributed by atoms with E-state index in [9.17, 15) is 4.79 Å². The number of alkyl carbamates (subject to hydrolysis) is 1. The number of rotatable bonds is 21. The summed E-state index contributed by atoms with van der Waals surface area (Å²) in [5.74, 6) is 0.617. The van der Waals surface area contributed by atoms with Crippen molar-refractivity contribution in [1.82, 2.24) is 10.3 Å². The first kappa shape index (κ1) is 29.6. The third-order valence-electron chi connectivity index (χ3n) is 7.17. The third-order valence-corrected chi connectivity index (χ3v) is 7.17. The van der Waals surface area contributed by atoms with Crippen LogP contribution in [0.15, 0.2) is 24.4 Å². The molecule has 0 saturated carbocycles. The molecule has 2 heterocycles. The average Bonchev–Trinajstić information content (AvgIpc) is 3.34. The summed E-state index contributed by atoms with van der Waals surface area (Å²) in [6.45, 7) is 3.81. The van der Waals surface area contributed by atoms with E-state index in [1.54, 1.807) is 6.20 Å². The third kappa shape index (κ3) is 15.9. The van der Waals surface area contributed by atoms with Crippen molar-refractivity contribution in [2.45, 2.75) is 135 Å². The van der Waals surface area contributed by atoms with Crippen molar-refractivity contribution in [2.24, 2.45) is 5.92 Å². The normalized spacial score (nSPS) is 17.5. The fourth-order valence-electron chi connectivity index (χ4n) is 4.96. The van der Waals surface area contributed by atoms with Gasteiger partial charge in [0.15, 0.2) is 0 Å². The van der Waals surface area contributed by atoms with Gasteiger partial charge >= 0.3 is 6.09 Å². The SMILES string of the molecule is CCCCCCCCCCCCCCCCCC[C@@H]1CO[C@H](COC(=O)NCc2ccccn2)C1. The van der Waals surface area contributed by atoms with E-state index in [2.05, 4.69) is 17.2 Å². The first-order valence-corrected chi connectivity index (χ1v) is 14.7. The first-order valence-electron chi connectivity index (χ1n) is 14.7. The lowest BCUT2D eigenvalue weighted by molar-refractivity contribution is 0.0424. The Balaban J connectivity index is 1.31. The maximum absolute atomic E-state index is 11.9. The van der Waals surface area contributed by atoms with Gasteiger partial charge < -0.3 is 14.8 Å². The van der Waals surface area contributed by atoms with Crippen molar-refractivity contribution in [1.29, 1.82) is 0 Å². The summed E-state index contributed by atoms with van der Waals surface area (Å²) < 4.78 is 11.2. The monoisotopic (exact) mass is 488 g/mol. The van der Waals surface area contributed by atoms with E-state index >= 15 is 0 Å². The number of pyridine rings is 1. The maximum Gasteiger partial charge on any atom is 0.407 e. The highest BCUT2D eigenvalue weighted by atomic mass is 16.6. The maximum atomic E-state index is 11.9. The van der Waals surface area contributed by atoms with Gasteiger partial charge in [-0.25, -0.2) is 4.79 Å². The first-order chi connectivity index (χ1) is 17.3. The molecular formula is C30H52N2O3. The van der Waals surface area contributed by atoms with Crippen LogP contribution in [0.1, 0.15) is 128 Å². The number of ether oxygens (including phenoxy) is 2. The van der Waals surface area contributed by atoms with Gasteiger partial charge in [0.1, 0.15) is 6.61 Å². The molecule has 35 heavy (non-hydrogen) atoms. The van der Waals surface area contributed by atoms with Gasteiger partial charge in [-0.15, -0.1) is 0 Å². The Morgan fingerprint density at radius 1 is 0.914 bits per heavy atom. The van der Waals surface area contributed by atoms with Gasteiger partial charge in [0.25, 0.3) is 0 Å². The second-order valence-corrected chi connectivity index (χ2v) is 10.4. The summed E-state index contributed by atoms with van der Waals surface area (Å²) in [6, 6.07) is 5.64. The lowest BCUT2D eigenvalue weighted by Crippen LogP contribution is -2.27. The van der Waals surface area contributed by atoms with Crippen molar-refractivity contribution in [3.63, 3.8) is 0 Å². The zero-order valence-corrected chi connectivity index (χ0v) is 22.5. The Kier molecular flexibility index (Phi) is 17.4. The predicted octanol–water partition coefficient (Wildman–Crippen LogP) is 8.36. The van der Waals surface area contributed by atoms with Gasteiger partial charge in [0, 0.05) is 6.20 Å². The number of nitrogens with zero attached hydrogens (tertiary/aromatic N) is 1. The predicted molar refractivity (Wildman–Crippen MR) is 144 cm³/mol. The van der Waals surface area contributed by atoms with Crippen molar-refractivity contribution in [3.05, 3.63) is 30.1 Å². The number of hydrogen-bond donors (Lipinski definition) is 1. The molecule has 1 aliphatic heterocycles. The van der Waals surface area contributed by atoms with Crippen LogP contribution in [0.2, 0.25) is 0 Å². The molecule has 0 aromatic carbocycles. The van der Waals surface area contributed by atoms with Gasteiger partial charge in [-0.1, -0.05) is 116 Å². The smallest absolute Gasteiger partial charge is 0.407 e. The van der Waals surface area contributed by atoms with E-state index in [4.69, 9.17) is 9.47 Å². The highest BCUT2D eigenvalue weighted by molar-refractivity contribution is 5.67.